The van der Waals surface area contributed by atoms with Gasteiger partial charge in [0.05, 0.1) is 0 Å². The van der Waals surface area contributed by atoms with Gasteiger partial charge in [0.25, 0.3) is 0 Å². The lowest BCUT2D eigenvalue weighted by Crippen LogP contribution is -2.32. The predicted molar refractivity (Wildman–Crippen MR) is 101 cm³/mol. The third-order valence-electron chi connectivity index (χ3n) is 4.69. The van der Waals surface area contributed by atoms with Crippen LogP contribution < -0.4 is 5.32 Å². The molecule has 2 heteroatoms. The van der Waals surface area contributed by atoms with Crippen LogP contribution in [0.3, 0.4) is 0 Å². The molecule has 1 fully saturated rings. The number of nitrogens with one attached hydrogen (secondary N) is 1. The summed E-state index contributed by atoms with van der Waals surface area (Å²) < 4.78 is 0. The third kappa shape index (κ3) is 5.39. The van der Waals surface area contributed by atoms with Gasteiger partial charge in [-0.1, -0.05) is 58.0 Å². The monoisotopic (exact) mass is 314 g/mol. The second kappa shape index (κ2) is 7.53. The van der Waals surface area contributed by atoms with Gasteiger partial charge in [-0.25, -0.2) is 0 Å². The van der Waals surface area contributed by atoms with Gasteiger partial charge in [-0.15, -0.1) is 0 Å². The lowest BCUT2D eigenvalue weighted by molar-refractivity contribution is 0.323. The maximum Gasteiger partial charge on any atom is 0.0329 e. The SMILES string of the molecule is C=C(CC(C)(C)C)N1CC[C@@H](NCc2ccc(C)cc2CC)C1. The van der Waals surface area contributed by atoms with E-state index in [1.54, 1.807) is 0 Å². The van der Waals surface area contributed by atoms with Crippen LogP contribution in [-0.2, 0) is 13.0 Å². The molecule has 0 unspecified atom stereocenters. The zero-order valence-corrected chi connectivity index (χ0v) is 15.7. The Morgan fingerprint density at radius 2 is 2.04 bits per heavy atom. The molecular formula is C21H34N2. The van der Waals surface area contributed by atoms with E-state index in [2.05, 4.69) is 69.6 Å². The molecule has 1 N–H and O–H groups in total. The molecule has 0 aliphatic carbocycles. The minimum Gasteiger partial charge on any atom is -0.374 e. The van der Waals surface area contributed by atoms with Crippen molar-refractivity contribution in [3.63, 3.8) is 0 Å². The summed E-state index contributed by atoms with van der Waals surface area (Å²) in [6, 6.07) is 7.41. The molecule has 0 spiro atoms. The predicted octanol–water partition coefficient (Wildman–Crippen LogP) is 4.67. The van der Waals surface area contributed by atoms with Crippen LogP contribution in [0.1, 0.15) is 57.2 Å². The van der Waals surface area contributed by atoms with Gasteiger partial charge >= 0.3 is 0 Å². The van der Waals surface area contributed by atoms with Crippen molar-refractivity contribution in [2.24, 2.45) is 5.41 Å². The first-order valence-electron chi connectivity index (χ1n) is 9.03. The normalized spacial score (nSPS) is 18.5. The first kappa shape index (κ1) is 18.1. The maximum atomic E-state index is 4.31. The van der Waals surface area contributed by atoms with Crippen LogP contribution in [0.4, 0.5) is 0 Å². The zero-order valence-electron chi connectivity index (χ0n) is 15.7. The van der Waals surface area contributed by atoms with E-state index in [-0.39, 0.29) is 0 Å². The van der Waals surface area contributed by atoms with Gasteiger partial charge in [-0.05, 0) is 42.7 Å². The third-order valence-corrected chi connectivity index (χ3v) is 4.69. The maximum absolute atomic E-state index is 4.31. The van der Waals surface area contributed by atoms with Crippen LogP contribution >= 0.6 is 0 Å². The minimum absolute atomic E-state index is 0.320. The van der Waals surface area contributed by atoms with Crippen LogP contribution in [0, 0.1) is 12.3 Å². The number of nitrogens with zero attached hydrogens (tertiary/aromatic N) is 1. The molecule has 1 aromatic carbocycles. The van der Waals surface area contributed by atoms with E-state index < -0.39 is 0 Å². The van der Waals surface area contributed by atoms with Gasteiger partial charge < -0.3 is 10.2 Å². The van der Waals surface area contributed by atoms with Gasteiger partial charge in [0.15, 0.2) is 0 Å². The number of hydrogen-bond donors (Lipinski definition) is 1. The Morgan fingerprint density at radius 3 is 2.70 bits per heavy atom. The minimum atomic E-state index is 0.320. The van der Waals surface area contributed by atoms with Crippen molar-refractivity contribution in [1.82, 2.24) is 10.2 Å². The molecular weight excluding hydrogens is 280 g/mol. The number of rotatable bonds is 6. The van der Waals surface area contributed by atoms with E-state index in [0.717, 1.165) is 32.5 Å². The molecule has 0 amide bonds. The highest BCUT2D eigenvalue weighted by Gasteiger charge is 2.25. The van der Waals surface area contributed by atoms with Crippen LogP contribution in [0.2, 0.25) is 0 Å². The Labute approximate surface area is 143 Å². The van der Waals surface area contributed by atoms with E-state index >= 15 is 0 Å². The number of benzene rings is 1. The van der Waals surface area contributed by atoms with Crippen molar-refractivity contribution in [3.05, 3.63) is 47.2 Å². The summed E-state index contributed by atoms with van der Waals surface area (Å²) in [7, 11) is 0. The highest BCUT2D eigenvalue weighted by molar-refractivity contribution is 5.31. The molecule has 0 bridgehead atoms. The summed E-state index contributed by atoms with van der Waals surface area (Å²) in [6.07, 6.45) is 3.41. The summed E-state index contributed by atoms with van der Waals surface area (Å²) in [6.45, 7) is 18.8. The van der Waals surface area contributed by atoms with Crippen LogP contribution in [0.15, 0.2) is 30.5 Å². The van der Waals surface area contributed by atoms with Crippen LogP contribution in [0.25, 0.3) is 0 Å². The van der Waals surface area contributed by atoms with E-state index in [1.165, 1.54) is 28.8 Å². The largest absolute Gasteiger partial charge is 0.374 e. The molecule has 0 aromatic heterocycles. The fourth-order valence-corrected chi connectivity index (χ4v) is 3.45. The highest BCUT2D eigenvalue weighted by atomic mass is 15.2. The van der Waals surface area contributed by atoms with Crippen LogP contribution in [0.5, 0.6) is 0 Å². The Balaban J connectivity index is 1.86. The second-order valence-electron chi connectivity index (χ2n) is 8.24. The Bertz CT molecular complexity index is 539. The molecule has 1 heterocycles. The molecule has 0 radical (unpaired) electrons. The van der Waals surface area contributed by atoms with Crippen molar-refractivity contribution in [2.75, 3.05) is 13.1 Å². The molecule has 1 saturated heterocycles. The number of allylic oxidation sites excluding steroid dienone is 1. The van der Waals surface area contributed by atoms with Gasteiger partial charge in [-0.2, -0.15) is 0 Å². The van der Waals surface area contributed by atoms with Crippen molar-refractivity contribution in [2.45, 2.75) is 66.5 Å². The average molecular weight is 315 g/mol. The van der Waals surface area contributed by atoms with Crippen molar-refractivity contribution in [1.29, 1.82) is 0 Å². The quantitative estimate of drug-likeness (QED) is 0.821. The van der Waals surface area contributed by atoms with Crippen molar-refractivity contribution < 1.29 is 0 Å². The first-order chi connectivity index (χ1) is 10.8. The summed E-state index contributed by atoms with van der Waals surface area (Å²) in [5.41, 5.74) is 5.90. The highest BCUT2D eigenvalue weighted by Crippen LogP contribution is 2.27. The van der Waals surface area contributed by atoms with Gasteiger partial charge in [-0.3, -0.25) is 0 Å². The van der Waals surface area contributed by atoms with E-state index in [4.69, 9.17) is 0 Å². The first-order valence-corrected chi connectivity index (χ1v) is 9.03. The summed E-state index contributed by atoms with van der Waals surface area (Å²) in [5, 5.41) is 3.76. The topological polar surface area (TPSA) is 15.3 Å². The Hall–Kier alpha value is -1.28. The van der Waals surface area contributed by atoms with Gasteiger partial charge in [0.1, 0.15) is 0 Å². The smallest absolute Gasteiger partial charge is 0.0329 e. The Morgan fingerprint density at radius 1 is 1.30 bits per heavy atom. The Kier molecular flexibility index (Phi) is 5.91. The summed E-state index contributed by atoms with van der Waals surface area (Å²) in [5.74, 6) is 0. The van der Waals surface area contributed by atoms with Gasteiger partial charge in [0, 0.05) is 31.4 Å². The van der Waals surface area contributed by atoms with Gasteiger partial charge in [0.2, 0.25) is 0 Å². The molecule has 1 aliphatic heterocycles. The molecule has 0 saturated carbocycles. The summed E-state index contributed by atoms with van der Waals surface area (Å²) >= 11 is 0. The average Bonchev–Trinajstić information content (AvgIpc) is 2.93. The summed E-state index contributed by atoms with van der Waals surface area (Å²) in [4.78, 5) is 2.47. The lowest BCUT2D eigenvalue weighted by Gasteiger charge is -2.27. The number of hydrogen-bond acceptors (Lipinski definition) is 2. The number of likely N-dealkylation sites (tertiary alicyclic amines) is 1. The van der Waals surface area contributed by atoms with Crippen LogP contribution in [-0.4, -0.2) is 24.0 Å². The molecule has 23 heavy (non-hydrogen) atoms. The lowest BCUT2D eigenvalue weighted by atomic mass is 9.90. The molecule has 1 aliphatic rings. The molecule has 2 nitrogen and oxygen atoms in total. The van der Waals surface area contributed by atoms with E-state index in [9.17, 15) is 0 Å². The van der Waals surface area contributed by atoms with E-state index in [0.29, 0.717) is 11.5 Å². The zero-order chi connectivity index (χ0) is 17.0. The molecule has 2 rings (SSSR count). The molecule has 128 valence electrons. The van der Waals surface area contributed by atoms with Crippen molar-refractivity contribution in [3.8, 4) is 0 Å². The van der Waals surface area contributed by atoms with E-state index in [1.807, 2.05) is 0 Å². The molecule has 1 atom stereocenters. The second-order valence-corrected chi connectivity index (χ2v) is 8.24. The van der Waals surface area contributed by atoms with Crippen molar-refractivity contribution >= 4 is 0 Å². The fourth-order valence-electron chi connectivity index (χ4n) is 3.45. The number of aryl methyl sites for hydroxylation is 2. The fraction of sp³-hybridized carbons (Fsp3) is 0.619. The standard InChI is InChI=1S/C21H34N2/c1-7-18-12-16(2)8-9-19(18)14-22-20-10-11-23(15-20)17(3)13-21(4,5)6/h8-9,12,20,22H,3,7,10-11,13-15H2,1-2,4-6H3/t20-/m1/s1. The molecule has 1 aromatic rings.